The Morgan fingerprint density at radius 2 is 1.92 bits per heavy atom. The first kappa shape index (κ1) is 11.2. The second-order valence-corrected chi connectivity index (χ2v) is 2.81. The largest absolute Gasteiger partial charge is 0.508 e. The molecule has 0 amide bonds. The summed E-state index contributed by atoms with van der Waals surface area (Å²) in [4.78, 5) is 10.6. The monoisotopic (exact) mass is 175 g/mol. The zero-order chi connectivity index (χ0) is 9.61. The van der Waals surface area contributed by atoms with Crippen molar-refractivity contribution in [3.05, 3.63) is 0 Å². The Labute approximate surface area is 73.0 Å². The number of nitrogens with two attached hydrogens (primary N) is 1. The van der Waals surface area contributed by atoms with Crippen LogP contribution in [0, 0.1) is 0 Å². The highest BCUT2D eigenvalue weighted by Gasteiger charge is 2.22. The van der Waals surface area contributed by atoms with Crippen LogP contribution in [0.15, 0.2) is 0 Å². The highest BCUT2D eigenvalue weighted by atomic mass is 16.7. The molecule has 0 aromatic heterocycles. The van der Waals surface area contributed by atoms with Crippen LogP contribution in [0.3, 0.4) is 0 Å². The van der Waals surface area contributed by atoms with E-state index in [4.69, 9.17) is 10.5 Å². The quantitative estimate of drug-likeness (QED) is 0.654. The predicted octanol–water partition coefficient (Wildman–Crippen LogP) is 1.29. The molecule has 0 saturated carbocycles. The lowest BCUT2D eigenvalue weighted by Crippen LogP contribution is -2.43. The van der Waals surface area contributed by atoms with E-state index >= 15 is 0 Å². The Morgan fingerprint density at radius 3 is 2.25 bits per heavy atom. The third-order valence-corrected chi connectivity index (χ3v) is 2.05. The summed E-state index contributed by atoms with van der Waals surface area (Å²) in [5.74, 6) is 0. The van der Waals surface area contributed by atoms with Gasteiger partial charge >= 0.3 is 6.16 Å². The van der Waals surface area contributed by atoms with Gasteiger partial charge in [0, 0.05) is 5.54 Å². The topological polar surface area (TPSA) is 61.5 Å². The van der Waals surface area contributed by atoms with E-state index in [1.807, 2.05) is 13.8 Å². The van der Waals surface area contributed by atoms with Crippen LogP contribution in [0.1, 0.15) is 26.7 Å². The molecule has 0 unspecified atom stereocenters. The number of carbonyl (C=O) groups is 1. The molecule has 2 N–H and O–H groups in total. The lowest BCUT2D eigenvalue weighted by Gasteiger charge is -2.25. The predicted molar refractivity (Wildman–Crippen MR) is 45.9 cm³/mol. The van der Waals surface area contributed by atoms with E-state index < -0.39 is 11.7 Å². The fourth-order valence-electron chi connectivity index (χ4n) is 0.716. The molecule has 4 nitrogen and oxygen atoms in total. The maximum absolute atomic E-state index is 10.6. The summed E-state index contributed by atoms with van der Waals surface area (Å²) in [5.41, 5.74) is 5.46. The standard InChI is InChI=1S/C8H17NO3/c1-4-8(9,5-2)6-12-7(10)11-3/h4-6,9H2,1-3H3. The molecule has 0 saturated heterocycles. The van der Waals surface area contributed by atoms with Crippen LogP contribution < -0.4 is 5.73 Å². The summed E-state index contributed by atoms with van der Waals surface area (Å²) < 4.78 is 9.07. The van der Waals surface area contributed by atoms with E-state index in [1.54, 1.807) is 0 Å². The molecular formula is C8H17NO3. The Morgan fingerprint density at radius 1 is 1.42 bits per heavy atom. The zero-order valence-electron chi connectivity index (χ0n) is 7.92. The van der Waals surface area contributed by atoms with Gasteiger partial charge in [0.2, 0.25) is 0 Å². The van der Waals surface area contributed by atoms with E-state index in [-0.39, 0.29) is 6.61 Å². The second-order valence-electron chi connectivity index (χ2n) is 2.81. The molecule has 0 bridgehead atoms. The number of carbonyl (C=O) groups excluding carboxylic acids is 1. The molecule has 0 heterocycles. The Hall–Kier alpha value is -0.770. The molecule has 4 heteroatoms. The molecular weight excluding hydrogens is 158 g/mol. The van der Waals surface area contributed by atoms with Crippen molar-refractivity contribution >= 4 is 6.16 Å². The van der Waals surface area contributed by atoms with E-state index in [2.05, 4.69) is 4.74 Å². The van der Waals surface area contributed by atoms with E-state index in [9.17, 15) is 4.79 Å². The van der Waals surface area contributed by atoms with Crippen LogP contribution in [0.2, 0.25) is 0 Å². The highest BCUT2D eigenvalue weighted by molar-refractivity contribution is 5.59. The first-order valence-corrected chi connectivity index (χ1v) is 4.07. The molecule has 0 aromatic carbocycles. The SMILES string of the molecule is CCC(N)(CC)COC(=O)OC. The van der Waals surface area contributed by atoms with Crippen molar-refractivity contribution in [2.75, 3.05) is 13.7 Å². The Bertz CT molecular complexity index is 143. The van der Waals surface area contributed by atoms with Crippen LogP contribution >= 0.6 is 0 Å². The van der Waals surface area contributed by atoms with Crippen molar-refractivity contribution in [1.29, 1.82) is 0 Å². The van der Waals surface area contributed by atoms with Gasteiger partial charge in [-0.2, -0.15) is 0 Å². The fraction of sp³-hybridized carbons (Fsp3) is 0.875. The number of rotatable bonds is 4. The van der Waals surface area contributed by atoms with Gasteiger partial charge in [-0.15, -0.1) is 0 Å². The van der Waals surface area contributed by atoms with Gasteiger partial charge in [0.05, 0.1) is 7.11 Å². The molecule has 0 radical (unpaired) electrons. The summed E-state index contributed by atoms with van der Waals surface area (Å²) >= 11 is 0. The third-order valence-electron chi connectivity index (χ3n) is 2.05. The molecule has 0 atom stereocenters. The third kappa shape index (κ3) is 3.57. The molecule has 0 aliphatic rings. The summed E-state index contributed by atoms with van der Waals surface area (Å²) in [7, 11) is 1.28. The second kappa shape index (κ2) is 4.98. The maximum atomic E-state index is 10.6. The van der Waals surface area contributed by atoms with Crippen molar-refractivity contribution in [3.8, 4) is 0 Å². The van der Waals surface area contributed by atoms with Crippen LogP contribution in [-0.2, 0) is 9.47 Å². The van der Waals surface area contributed by atoms with Gasteiger partial charge in [-0.1, -0.05) is 13.8 Å². The lowest BCUT2D eigenvalue weighted by molar-refractivity contribution is 0.0523. The van der Waals surface area contributed by atoms with E-state index in [0.717, 1.165) is 12.8 Å². The summed E-state index contributed by atoms with van der Waals surface area (Å²) in [6.45, 7) is 4.14. The summed E-state index contributed by atoms with van der Waals surface area (Å²) in [5, 5.41) is 0. The fourth-order valence-corrected chi connectivity index (χ4v) is 0.716. The normalized spacial score (nSPS) is 11.0. The average molecular weight is 175 g/mol. The average Bonchev–Trinajstić information content (AvgIpc) is 2.13. The molecule has 0 rings (SSSR count). The smallest absolute Gasteiger partial charge is 0.438 e. The van der Waals surface area contributed by atoms with Crippen molar-refractivity contribution in [2.24, 2.45) is 5.73 Å². The van der Waals surface area contributed by atoms with Gasteiger partial charge in [0.25, 0.3) is 0 Å². The molecule has 12 heavy (non-hydrogen) atoms. The van der Waals surface area contributed by atoms with Gasteiger partial charge in [0.1, 0.15) is 6.61 Å². The van der Waals surface area contributed by atoms with Crippen LogP contribution in [-0.4, -0.2) is 25.4 Å². The first-order valence-electron chi connectivity index (χ1n) is 4.07. The van der Waals surface area contributed by atoms with Gasteiger partial charge < -0.3 is 15.2 Å². The van der Waals surface area contributed by atoms with Crippen LogP contribution in [0.4, 0.5) is 4.79 Å². The van der Waals surface area contributed by atoms with Crippen molar-refractivity contribution in [1.82, 2.24) is 0 Å². The molecule has 0 aromatic rings. The van der Waals surface area contributed by atoms with E-state index in [0.29, 0.717) is 0 Å². The van der Waals surface area contributed by atoms with Crippen molar-refractivity contribution < 1.29 is 14.3 Å². The van der Waals surface area contributed by atoms with Crippen molar-refractivity contribution in [2.45, 2.75) is 32.2 Å². The molecule has 0 aliphatic carbocycles. The summed E-state index contributed by atoms with van der Waals surface area (Å²) in [6.07, 6.45) is 0.882. The Kier molecular flexibility index (Phi) is 4.66. The summed E-state index contributed by atoms with van der Waals surface area (Å²) in [6, 6.07) is 0. The molecule has 0 aliphatic heterocycles. The van der Waals surface area contributed by atoms with Crippen LogP contribution in [0.25, 0.3) is 0 Å². The number of hydrogen-bond donors (Lipinski definition) is 1. The minimum atomic E-state index is -0.674. The van der Waals surface area contributed by atoms with Crippen LogP contribution in [0.5, 0.6) is 0 Å². The van der Waals surface area contributed by atoms with Gasteiger partial charge in [-0.3, -0.25) is 0 Å². The Balaban J connectivity index is 3.80. The number of ether oxygens (including phenoxy) is 2. The van der Waals surface area contributed by atoms with E-state index in [1.165, 1.54) is 7.11 Å². The van der Waals surface area contributed by atoms with Crippen molar-refractivity contribution in [3.63, 3.8) is 0 Å². The maximum Gasteiger partial charge on any atom is 0.508 e. The molecule has 0 spiro atoms. The zero-order valence-corrected chi connectivity index (χ0v) is 7.92. The van der Waals surface area contributed by atoms with Gasteiger partial charge in [-0.05, 0) is 12.8 Å². The minimum Gasteiger partial charge on any atom is -0.438 e. The number of hydrogen-bond acceptors (Lipinski definition) is 4. The molecule has 72 valence electrons. The highest BCUT2D eigenvalue weighted by Crippen LogP contribution is 2.11. The first-order chi connectivity index (χ1) is 5.58. The van der Waals surface area contributed by atoms with Gasteiger partial charge in [0.15, 0.2) is 0 Å². The number of methoxy groups -OCH3 is 1. The lowest BCUT2D eigenvalue weighted by atomic mass is 9.96. The minimum absolute atomic E-state index is 0.215. The van der Waals surface area contributed by atoms with Gasteiger partial charge in [-0.25, -0.2) is 4.79 Å². The molecule has 0 fully saturated rings.